The van der Waals surface area contributed by atoms with E-state index in [0.29, 0.717) is 11.8 Å². The summed E-state index contributed by atoms with van der Waals surface area (Å²) < 4.78 is 2.00. The normalized spacial score (nSPS) is 24.3. The van der Waals surface area contributed by atoms with Crippen molar-refractivity contribution < 1.29 is 4.79 Å². The lowest BCUT2D eigenvalue weighted by Gasteiger charge is -2.36. The molecule has 3 aliphatic rings. The van der Waals surface area contributed by atoms with Crippen LogP contribution in [0.3, 0.4) is 0 Å². The van der Waals surface area contributed by atoms with E-state index in [1.54, 1.807) is 0 Å². The minimum Gasteiger partial charge on any atom is -0.366 e. The maximum absolute atomic E-state index is 12.8. The summed E-state index contributed by atoms with van der Waals surface area (Å²) >= 11 is 0. The molecule has 1 aliphatic carbocycles. The highest BCUT2D eigenvalue weighted by Gasteiger charge is 2.52. The van der Waals surface area contributed by atoms with Crippen molar-refractivity contribution in [3.8, 4) is 11.1 Å². The maximum Gasteiger partial charge on any atom is 0.226 e. The molecule has 184 valence electrons. The van der Waals surface area contributed by atoms with E-state index in [2.05, 4.69) is 83.2 Å². The SMILES string of the molecule is CCN1CCC(c2ccc(-c3cc4c(N5CCN(C(=O)[C@H]6CC6(C)C)CC5)ccnn4c3)cc2)C1. The third kappa shape index (κ3) is 4.22. The summed E-state index contributed by atoms with van der Waals surface area (Å²) in [4.78, 5) is 19.8. The van der Waals surface area contributed by atoms with Gasteiger partial charge in [0.15, 0.2) is 0 Å². The number of amides is 1. The fourth-order valence-corrected chi connectivity index (χ4v) is 6.04. The van der Waals surface area contributed by atoms with Crippen LogP contribution >= 0.6 is 0 Å². The highest BCUT2D eigenvalue weighted by molar-refractivity contribution is 5.83. The number of piperazine rings is 1. The molecule has 1 aromatic carbocycles. The smallest absolute Gasteiger partial charge is 0.226 e. The number of hydrogen-bond acceptors (Lipinski definition) is 4. The number of likely N-dealkylation sites (N-methyl/N-ethyl adjacent to an activating group) is 1. The number of anilines is 1. The molecule has 0 spiro atoms. The summed E-state index contributed by atoms with van der Waals surface area (Å²) in [6, 6.07) is 13.5. The second kappa shape index (κ2) is 8.66. The molecule has 1 unspecified atom stereocenters. The number of likely N-dealkylation sites (tertiary alicyclic amines) is 1. The molecule has 6 rings (SSSR count). The van der Waals surface area contributed by atoms with Crippen molar-refractivity contribution in [1.29, 1.82) is 0 Å². The van der Waals surface area contributed by atoms with Gasteiger partial charge >= 0.3 is 0 Å². The predicted octanol–water partition coefficient (Wildman–Crippen LogP) is 4.51. The molecular formula is C29H37N5O. The number of benzene rings is 1. The molecule has 0 radical (unpaired) electrons. The van der Waals surface area contributed by atoms with E-state index in [1.165, 1.54) is 41.9 Å². The van der Waals surface area contributed by atoms with E-state index in [-0.39, 0.29) is 11.3 Å². The molecule has 6 heteroatoms. The Hall–Kier alpha value is -2.86. The van der Waals surface area contributed by atoms with Gasteiger partial charge in [0.25, 0.3) is 0 Å². The highest BCUT2D eigenvalue weighted by atomic mass is 16.2. The van der Waals surface area contributed by atoms with Crippen molar-refractivity contribution >= 4 is 17.1 Å². The largest absolute Gasteiger partial charge is 0.366 e. The first kappa shape index (κ1) is 22.6. The number of carbonyl (C=O) groups is 1. The Kier molecular flexibility index (Phi) is 5.59. The van der Waals surface area contributed by atoms with E-state index in [1.807, 2.05) is 10.7 Å². The van der Waals surface area contributed by atoms with Crippen molar-refractivity contribution in [2.24, 2.45) is 11.3 Å². The average Bonchev–Trinajstić information content (AvgIpc) is 3.25. The van der Waals surface area contributed by atoms with Crippen molar-refractivity contribution in [2.75, 3.05) is 50.7 Å². The summed E-state index contributed by atoms with van der Waals surface area (Å²) in [6.07, 6.45) is 6.31. The van der Waals surface area contributed by atoms with E-state index >= 15 is 0 Å². The fraction of sp³-hybridized carbons (Fsp3) is 0.517. The molecule has 0 N–H and O–H groups in total. The van der Waals surface area contributed by atoms with Crippen molar-refractivity contribution in [1.82, 2.24) is 19.4 Å². The third-order valence-electron chi connectivity index (χ3n) is 8.66. The van der Waals surface area contributed by atoms with E-state index in [9.17, 15) is 4.79 Å². The zero-order valence-electron chi connectivity index (χ0n) is 21.3. The van der Waals surface area contributed by atoms with Crippen LogP contribution in [0.4, 0.5) is 5.69 Å². The number of hydrogen-bond donors (Lipinski definition) is 0. The molecule has 2 aliphatic heterocycles. The lowest BCUT2D eigenvalue weighted by Crippen LogP contribution is -2.49. The summed E-state index contributed by atoms with van der Waals surface area (Å²) in [5, 5.41) is 4.59. The molecule has 2 saturated heterocycles. The van der Waals surface area contributed by atoms with Crippen molar-refractivity contribution in [3.63, 3.8) is 0 Å². The van der Waals surface area contributed by atoms with Gasteiger partial charge in [0.2, 0.25) is 5.91 Å². The maximum atomic E-state index is 12.8. The number of fused-ring (bicyclic) bond motifs is 1. The second-order valence-electron chi connectivity index (χ2n) is 11.3. The molecule has 3 fully saturated rings. The van der Waals surface area contributed by atoms with Gasteiger partial charge in [-0.25, -0.2) is 4.52 Å². The van der Waals surface area contributed by atoms with Crippen LogP contribution in [0.15, 0.2) is 48.8 Å². The highest BCUT2D eigenvalue weighted by Crippen LogP contribution is 2.52. The van der Waals surface area contributed by atoms with Gasteiger partial charge in [-0.15, -0.1) is 0 Å². The van der Waals surface area contributed by atoms with E-state index < -0.39 is 0 Å². The lowest BCUT2D eigenvalue weighted by atomic mass is 9.96. The average molecular weight is 472 g/mol. The Morgan fingerprint density at radius 2 is 1.77 bits per heavy atom. The molecule has 6 nitrogen and oxygen atoms in total. The zero-order chi connectivity index (χ0) is 24.2. The first-order valence-corrected chi connectivity index (χ1v) is 13.3. The molecule has 35 heavy (non-hydrogen) atoms. The Morgan fingerprint density at radius 1 is 1.03 bits per heavy atom. The van der Waals surface area contributed by atoms with Crippen molar-refractivity contribution in [3.05, 3.63) is 54.4 Å². The molecule has 2 aromatic heterocycles. The van der Waals surface area contributed by atoms with Gasteiger partial charge in [0.1, 0.15) is 0 Å². The van der Waals surface area contributed by atoms with Gasteiger partial charge in [-0.2, -0.15) is 5.10 Å². The van der Waals surface area contributed by atoms with Gasteiger partial charge in [-0.1, -0.05) is 45.0 Å². The topological polar surface area (TPSA) is 44.1 Å². The van der Waals surface area contributed by atoms with Crippen LogP contribution in [0.25, 0.3) is 16.6 Å². The number of rotatable bonds is 5. The van der Waals surface area contributed by atoms with Crippen LogP contribution in [-0.4, -0.2) is 71.1 Å². The minimum atomic E-state index is 0.193. The lowest BCUT2D eigenvalue weighted by molar-refractivity contribution is -0.133. The zero-order valence-corrected chi connectivity index (χ0v) is 21.3. The van der Waals surface area contributed by atoms with Crippen LogP contribution < -0.4 is 4.90 Å². The van der Waals surface area contributed by atoms with Crippen LogP contribution in [-0.2, 0) is 4.79 Å². The summed E-state index contributed by atoms with van der Waals surface area (Å²) in [5.74, 6) is 1.23. The first-order valence-electron chi connectivity index (χ1n) is 13.3. The molecule has 3 aromatic rings. The minimum absolute atomic E-state index is 0.193. The van der Waals surface area contributed by atoms with Gasteiger partial charge < -0.3 is 14.7 Å². The molecule has 1 amide bonds. The third-order valence-corrected chi connectivity index (χ3v) is 8.66. The molecule has 0 bridgehead atoms. The van der Waals surface area contributed by atoms with Gasteiger partial charge in [0, 0.05) is 56.6 Å². The molecular weight excluding hydrogens is 434 g/mol. The Bertz CT molecular complexity index is 1220. The van der Waals surface area contributed by atoms with Gasteiger partial charge in [-0.05, 0) is 60.5 Å². The van der Waals surface area contributed by atoms with E-state index in [4.69, 9.17) is 0 Å². The summed E-state index contributed by atoms with van der Waals surface area (Å²) in [7, 11) is 0. The summed E-state index contributed by atoms with van der Waals surface area (Å²) in [5.41, 5.74) is 6.41. The fourth-order valence-electron chi connectivity index (χ4n) is 6.04. The van der Waals surface area contributed by atoms with E-state index in [0.717, 1.165) is 44.7 Å². The predicted molar refractivity (Wildman–Crippen MR) is 141 cm³/mol. The van der Waals surface area contributed by atoms with Crippen LogP contribution in [0.1, 0.15) is 45.1 Å². The Morgan fingerprint density at radius 3 is 2.43 bits per heavy atom. The number of carbonyl (C=O) groups excluding carboxylic acids is 1. The standard InChI is InChI=1S/C29H37N5O/c1-4-31-12-10-23(19-31)21-5-7-22(8-6-21)24-17-27-26(9-11-30-34(27)20-24)32-13-15-33(16-14-32)28(35)25-18-29(25,2)3/h5-9,11,17,20,23,25H,4,10,12-16,18-19H2,1-3H3/t23?,25-/m1/s1. The van der Waals surface area contributed by atoms with Gasteiger partial charge in [-0.3, -0.25) is 4.79 Å². The van der Waals surface area contributed by atoms with Crippen LogP contribution in [0.5, 0.6) is 0 Å². The van der Waals surface area contributed by atoms with Gasteiger partial charge in [0.05, 0.1) is 11.2 Å². The molecule has 2 atom stereocenters. The number of aromatic nitrogens is 2. The molecule has 1 saturated carbocycles. The molecule has 4 heterocycles. The number of nitrogens with zero attached hydrogens (tertiary/aromatic N) is 5. The Balaban J connectivity index is 1.17. The second-order valence-corrected chi connectivity index (χ2v) is 11.3. The van der Waals surface area contributed by atoms with Crippen molar-refractivity contribution in [2.45, 2.75) is 39.5 Å². The monoisotopic (exact) mass is 471 g/mol. The first-order chi connectivity index (χ1) is 16.9. The quantitative estimate of drug-likeness (QED) is 0.549. The summed E-state index contributed by atoms with van der Waals surface area (Å²) in [6.45, 7) is 13.5. The van der Waals surface area contributed by atoms with Crippen LogP contribution in [0.2, 0.25) is 0 Å². The Labute approximate surface area is 208 Å². The van der Waals surface area contributed by atoms with Crippen LogP contribution in [0, 0.1) is 11.3 Å².